The second-order valence-electron chi connectivity index (χ2n) is 7.21. The Bertz CT molecular complexity index is 1050. The summed E-state index contributed by atoms with van der Waals surface area (Å²) >= 11 is 0. The number of nitrogens with one attached hydrogen (secondary N) is 1. The normalized spacial score (nSPS) is 12.0. The Labute approximate surface area is 189 Å². The van der Waals surface area contributed by atoms with E-state index in [1.807, 2.05) is 13.8 Å². The highest BCUT2D eigenvalue weighted by Crippen LogP contribution is 2.26. The lowest BCUT2D eigenvalue weighted by atomic mass is 10.1. The number of ether oxygens (including phenoxy) is 2. The Morgan fingerprint density at radius 1 is 1.09 bits per heavy atom. The van der Waals surface area contributed by atoms with Crippen LogP contribution in [0.4, 0.5) is 5.69 Å². The van der Waals surface area contributed by atoms with Crippen LogP contribution in [-0.4, -0.2) is 46.6 Å². The molecule has 2 aromatic rings. The molecule has 0 spiro atoms. The van der Waals surface area contributed by atoms with Gasteiger partial charge in [-0.05, 0) is 69.2 Å². The molecule has 0 aliphatic carbocycles. The van der Waals surface area contributed by atoms with E-state index in [0.717, 1.165) is 10.7 Å². The molecule has 32 heavy (non-hydrogen) atoms. The number of esters is 1. The average Bonchev–Trinajstić information content (AvgIpc) is 2.77. The second-order valence-corrected chi connectivity index (χ2v) is 9.18. The van der Waals surface area contributed by atoms with Gasteiger partial charge in [0.1, 0.15) is 5.75 Å². The van der Waals surface area contributed by atoms with E-state index in [1.54, 1.807) is 31.2 Å². The van der Waals surface area contributed by atoms with Crippen molar-refractivity contribution in [3.05, 3.63) is 53.6 Å². The lowest BCUT2D eigenvalue weighted by Crippen LogP contribution is -2.36. The summed E-state index contributed by atoms with van der Waals surface area (Å²) in [6.07, 6.45) is -0.243. The number of carbonyl (C=O) groups is 2. The van der Waals surface area contributed by atoms with Crippen molar-refractivity contribution in [2.45, 2.75) is 45.1 Å². The largest absolute Gasteiger partial charge is 0.494 e. The minimum Gasteiger partial charge on any atom is -0.494 e. The fourth-order valence-corrected chi connectivity index (χ4v) is 4.09. The van der Waals surface area contributed by atoms with Gasteiger partial charge in [-0.25, -0.2) is 13.2 Å². The van der Waals surface area contributed by atoms with E-state index in [9.17, 15) is 18.0 Å². The number of amides is 1. The van der Waals surface area contributed by atoms with Crippen molar-refractivity contribution >= 4 is 27.6 Å². The maximum Gasteiger partial charge on any atom is 0.339 e. The molecule has 1 unspecified atom stereocenters. The summed E-state index contributed by atoms with van der Waals surface area (Å²) in [5.41, 5.74) is 1.07. The van der Waals surface area contributed by atoms with E-state index in [2.05, 4.69) is 5.32 Å². The highest BCUT2D eigenvalue weighted by Gasteiger charge is 2.25. The molecule has 0 bridgehead atoms. The van der Waals surface area contributed by atoms with Crippen molar-refractivity contribution in [3.63, 3.8) is 0 Å². The molecular formula is C23H30N2O6S. The van der Waals surface area contributed by atoms with Crippen LogP contribution < -0.4 is 14.4 Å². The molecule has 1 amide bonds. The van der Waals surface area contributed by atoms with Crippen molar-refractivity contribution in [1.29, 1.82) is 0 Å². The predicted molar refractivity (Wildman–Crippen MR) is 123 cm³/mol. The second kappa shape index (κ2) is 11.0. The molecule has 0 heterocycles. The van der Waals surface area contributed by atoms with E-state index in [0.29, 0.717) is 30.2 Å². The van der Waals surface area contributed by atoms with Crippen molar-refractivity contribution in [2.24, 2.45) is 0 Å². The van der Waals surface area contributed by atoms with E-state index in [1.165, 1.54) is 32.2 Å². The molecule has 0 fully saturated rings. The topological polar surface area (TPSA) is 102 Å². The van der Waals surface area contributed by atoms with Gasteiger partial charge in [-0.2, -0.15) is 0 Å². The molecule has 0 aliphatic rings. The zero-order chi connectivity index (χ0) is 23.9. The van der Waals surface area contributed by atoms with Crippen LogP contribution in [0.5, 0.6) is 5.75 Å². The third kappa shape index (κ3) is 6.00. The lowest BCUT2D eigenvalue weighted by molar-refractivity contribution is -0.129. The summed E-state index contributed by atoms with van der Waals surface area (Å²) in [6, 6.07) is 10.9. The summed E-state index contributed by atoms with van der Waals surface area (Å²) in [4.78, 5) is 24.6. The van der Waals surface area contributed by atoms with Crippen LogP contribution in [0.1, 0.15) is 43.1 Å². The van der Waals surface area contributed by atoms with Gasteiger partial charge in [0.15, 0.2) is 6.10 Å². The third-order valence-corrected chi connectivity index (χ3v) is 6.58. The van der Waals surface area contributed by atoms with Gasteiger partial charge in [-0.1, -0.05) is 13.0 Å². The molecule has 0 aromatic heterocycles. The van der Waals surface area contributed by atoms with Crippen molar-refractivity contribution in [3.8, 4) is 5.75 Å². The van der Waals surface area contributed by atoms with Gasteiger partial charge in [0.25, 0.3) is 15.9 Å². The van der Waals surface area contributed by atoms with Crippen LogP contribution in [0.25, 0.3) is 0 Å². The van der Waals surface area contributed by atoms with E-state index in [-0.39, 0.29) is 10.5 Å². The molecule has 0 saturated heterocycles. The highest BCUT2D eigenvalue weighted by atomic mass is 32.2. The smallest absolute Gasteiger partial charge is 0.339 e. The van der Waals surface area contributed by atoms with Gasteiger partial charge >= 0.3 is 5.97 Å². The van der Waals surface area contributed by atoms with Gasteiger partial charge in [0.05, 0.1) is 22.8 Å². The average molecular weight is 463 g/mol. The first-order valence-electron chi connectivity index (χ1n) is 10.4. The zero-order valence-corrected chi connectivity index (χ0v) is 19.9. The summed E-state index contributed by atoms with van der Waals surface area (Å²) in [5.74, 6) is -0.529. The van der Waals surface area contributed by atoms with E-state index in [4.69, 9.17) is 9.47 Å². The Kier molecular flexibility index (Phi) is 8.65. The summed E-state index contributed by atoms with van der Waals surface area (Å²) in [6.45, 7) is 7.91. The maximum atomic E-state index is 13.2. The SMILES string of the molecule is CCCNC(=O)C(C)OC(=O)c1cc(S(=O)(=O)N(C)c2ccc(OCC)cc2)ccc1C. The monoisotopic (exact) mass is 462 g/mol. The van der Waals surface area contributed by atoms with E-state index >= 15 is 0 Å². The van der Waals surface area contributed by atoms with Crippen LogP contribution in [0.3, 0.4) is 0 Å². The molecule has 2 aromatic carbocycles. The molecule has 2 rings (SSSR count). The molecule has 9 heteroatoms. The number of hydrogen-bond acceptors (Lipinski definition) is 6. The number of sulfonamides is 1. The summed E-state index contributed by atoms with van der Waals surface area (Å²) in [7, 11) is -2.51. The minimum atomic E-state index is -3.94. The number of nitrogens with zero attached hydrogens (tertiary/aromatic N) is 1. The number of aryl methyl sites for hydroxylation is 1. The molecule has 8 nitrogen and oxygen atoms in total. The molecule has 1 N–H and O–H groups in total. The van der Waals surface area contributed by atoms with Crippen molar-refractivity contribution in [1.82, 2.24) is 5.32 Å². The predicted octanol–water partition coefficient (Wildman–Crippen LogP) is 3.29. The molecule has 0 aliphatic heterocycles. The Morgan fingerprint density at radius 3 is 2.34 bits per heavy atom. The lowest BCUT2D eigenvalue weighted by Gasteiger charge is -2.21. The number of benzene rings is 2. The number of hydrogen-bond donors (Lipinski definition) is 1. The van der Waals surface area contributed by atoms with Gasteiger partial charge in [0, 0.05) is 13.6 Å². The van der Waals surface area contributed by atoms with Gasteiger partial charge in [-0.15, -0.1) is 0 Å². The van der Waals surface area contributed by atoms with Crippen LogP contribution in [0.15, 0.2) is 47.4 Å². The first-order chi connectivity index (χ1) is 15.1. The third-order valence-electron chi connectivity index (χ3n) is 4.80. The fourth-order valence-electron chi connectivity index (χ4n) is 2.87. The minimum absolute atomic E-state index is 0.0606. The number of anilines is 1. The number of carbonyl (C=O) groups excluding carboxylic acids is 2. The van der Waals surface area contributed by atoms with Crippen molar-refractivity contribution < 1.29 is 27.5 Å². The van der Waals surface area contributed by atoms with Gasteiger partial charge in [-0.3, -0.25) is 9.10 Å². The molecular weight excluding hydrogens is 432 g/mol. The number of rotatable bonds is 10. The van der Waals surface area contributed by atoms with Crippen LogP contribution in [-0.2, 0) is 19.6 Å². The highest BCUT2D eigenvalue weighted by molar-refractivity contribution is 7.92. The summed E-state index contributed by atoms with van der Waals surface area (Å²) in [5, 5.41) is 2.66. The van der Waals surface area contributed by atoms with Crippen LogP contribution in [0.2, 0.25) is 0 Å². The van der Waals surface area contributed by atoms with E-state index < -0.39 is 28.0 Å². The first kappa shape index (κ1) is 25.2. The quantitative estimate of drug-likeness (QED) is 0.544. The Morgan fingerprint density at radius 2 is 1.75 bits per heavy atom. The standard InChI is InChI=1S/C23H30N2O6S/c1-6-14-24-22(26)17(4)31-23(27)21-15-20(13-8-16(21)3)32(28,29)25(5)18-9-11-19(12-10-18)30-7-2/h8-13,15,17H,6-7,14H2,1-5H3,(H,24,26). The Hall–Kier alpha value is -3.07. The first-order valence-corrected chi connectivity index (χ1v) is 11.9. The van der Waals surface area contributed by atoms with Gasteiger partial charge in [0.2, 0.25) is 0 Å². The maximum absolute atomic E-state index is 13.2. The molecule has 0 radical (unpaired) electrons. The Balaban J connectivity index is 2.26. The van der Waals surface area contributed by atoms with Crippen molar-refractivity contribution in [2.75, 3.05) is 24.5 Å². The molecule has 0 saturated carbocycles. The van der Waals surface area contributed by atoms with Crippen LogP contribution in [0, 0.1) is 6.92 Å². The summed E-state index contributed by atoms with van der Waals surface area (Å²) < 4.78 is 38.1. The zero-order valence-electron chi connectivity index (χ0n) is 19.0. The fraction of sp³-hybridized carbons (Fsp3) is 0.391. The van der Waals surface area contributed by atoms with Gasteiger partial charge < -0.3 is 14.8 Å². The van der Waals surface area contributed by atoms with Crippen LogP contribution >= 0.6 is 0 Å². The molecule has 174 valence electrons. The molecule has 1 atom stereocenters.